The molecule has 0 spiro atoms. The van der Waals surface area contributed by atoms with Crippen molar-refractivity contribution in [3.8, 4) is 22.5 Å². The van der Waals surface area contributed by atoms with Crippen LogP contribution < -0.4 is 21.3 Å². The Morgan fingerprint density at radius 1 is 0.827 bits per heavy atom. The van der Waals surface area contributed by atoms with Gasteiger partial charge < -0.3 is 26.0 Å². The first kappa shape index (κ1) is 36.2. The fourth-order valence-electron chi connectivity index (χ4n) is 6.27. The van der Waals surface area contributed by atoms with Crippen LogP contribution in [0.4, 0.5) is 10.5 Å². The summed E-state index contributed by atoms with van der Waals surface area (Å²) in [4.78, 5) is 51.9. The van der Waals surface area contributed by atoms with Crippen molar-refractivity contribution in [1.29, 1.82) is 0 Å². The van der Waals surface area contributed by atoms with Crippen LogP contribution in [0.5, 0.6) is 0 Å². The average Bonchev–Trinajstić information content (AvgIpc) is 3.78. The number of alkyl carbamates (subject to hydrolysis) is 1. The highest BCUT2D eigenvalue weighted by molar-refractivity contribution is 5.98. The van der Waals surface area contributed by atoms with E-state index in [0.29, 0.717) is 42.5 Å². The summed E-state index contributed by atoms with van der Waals surface area (Å²) in [6.07, 6.45) is 4.81. The highest BCUT2D eigenvalue weighted by Crippen LogP contribution is 2.29. The number of hydrogen-bond acceptors (Lipinski definition) is 8. The third-order valence-corrected chi connectivity index (χ3v) is 9.34. The van der Waals surface area contributed by atoms with Gasteiger partial charge in [0.15, 0.2) is 5.82 Å². The zero-order valence-electron chi connectivity index (χ0n) is 29.8. The fourth-order valence-corrected chi connectivity index (χ4v) is 6.27. The fraction of sp³-hybridized carbons (Fsp3) is 0.410. The monoisotopic (exact) mass is 706 g/mol. The maximum absolute atomic E-state index is 13.7. The molecule has 0 bridgehead atoms. The molecule has 0 aliphatic heterocycles. The SMILES string of the molecule is CC(C)(C)OC(=O)NC[C@H]1CC[C@H](C(=O)NC(Cc2ccc(-c3ccc(C(=O)NC4CC4)cc3)cc2)C(=O)Nc2ccc(-c3nnn[nH]3)cc2)CC1. The van der Waals surface area contributed by atoms with Gasteiger partial charge in [-0.15, -0.1) is 5.10 Å². The number of nitrogens with one attached hydrogen (secondary N) is 5. The number of aromatic nitrogens is 4. The van der Waals surface area contributed by atoms with Gasteiger partial charge in [-0.2, -0.15) is 0 Å². The van der Waals surface area contributed by atoms with Gasteiger partial charge >= 0.3 is 6.09 Å². The molecule has 2 aliphatic rings. The summed E-state index contributed by atoms with van der Waals surface area (Å²) in [5.41, 5.74) is 4.23. The summed E-state index contributed by atoms with van der Waals surface area (Å²) in [6.45, 7) is 5.97. The molecule has 2 aliphatic carbocycles. The molecule has 1 heterocycles. The lowest BCUT2D eigenvalue weighted by Crippen LogP contribution is -2.48. The van der Waals surface area contributed by atoms with Crippen molar-refractivity contribution in [3.63, 3.8) is 0 Å². The van der Waals surface area contributed by atoms with Crippen LogP contribution in [-0.4, -0.2) is 68.7 Å². The van der Waals surface area contributed by atoms with E-state index in [1.807, 2.05) is 69.3 Å². The maximum atomic E-state index is 13.7. The molecule has 5 N–H and O–H groups in total. The number of tetrazole rings is 1. The maximum Gasteiger partial charge on any atom is 0.407 e. The van der Waals surface area contributed by atoms with E-state index >= 15 is 0 Å². The Morgan fingerprint density at radius 3 is 2.06 bits per heavy atom. The second-order valence-electron chi connectivity index (χ2n) is 14.7. The molecule has 0 radical (unpaired) electrons. The number of amides is 4. The lowest BCUT2D eigenvalue weighted by atomic mass is 9.81. The predicted octanol–water partition coefficient (Wildman–Crippen LogP) is 5.42. The van der Waals surface area contributed by atoms with E-state index < -0.39 is 17.7 Å². The zero-order valence-corrected chi connectivity index (χ0v) is 29.8. The highest BCUT2D eigenvalue weighted by Gasteiger charge is 2.30. The smallest absolute Gasteiger partial charge is 0.407 e. The molecular formula is C39H46N8O5. The van der Waals surface area contributed by atoms with Crippen molar-refractivity contribution in [2.24, 2.45) is 11.8 Å². The number of rotatable bonds is 12. The number of H-pyrrole nitrogens is 1. The number of hydrogen-bond donors (Lipinski definition) is 5. The third kappa shape index (κ3) is 10.2. The molecule has 13 heteroatoms. The Labute approximate surface area is 303 Å². The molecular weight excluding hydrogens is 660 g/mol. The van der Waals surface area contributed by atoms with Crippen molar-refractivity contribution in [2.45, 2.75) is 83.4 Å². The van der Waals surface area contributed by atoms with Gasteiger partial charge in [0.2, 0.25) is 11.8 Å². The van der Waals surface area contributed by atoms with Gasteiger partial charge in [-0.25, -0.2) is 9.89 Å². The van der Waals surface area contributed by atoms with Crippen LogP contribution in [0.3, 0.4) is 0 Å². The lowest BCUT2D eigenvalue weighted by Gasteiger charge is -2.29. The number of anilines is 1. The Bertz CT molecular complexity index is 1830. The van der Waals surface area contributed by atoms with Crippen LogP contribution >= 0.6 is 0 Å². The number of ether oxygens (including phenoxy) is 1. The van der Waals surface area contributed by atoms with Crippen LogP contribution in [-0.2, 0) is 20.7 Å². The highest BCUT2D eigenvalue weighted by atomic mass is 16.6. The summed E-state index contributed by atoms with van der Waals surface area (Å²) in [7, 11) is 0. The Balaban J connectivity index is 1.09. The second kappa shape index (κ2) is 16.2. The number of carbonyl (C=O) groups is 4. The molecule has 4 aromatic rings. The van der Waals surface area contributed by atoms with E-state index in [1.165, 1.54) is 0 Å². The summed E-state index contributed by atoms with van der Waals surface area (Å²) >= 11 is 0. The van der Waals surface area contributed by atoms with Gasteiger partial charge in [-0.3, -0.25) is 14.4 Å². The molecule has 6 rings (SSSR count). The van der Waals surface area contributed by atoms with Gasteiger partial charge in [0.1, 0.15) is 11.6 Å². The van der Waals surface area contributed by atoms with E-state index in [-0.39, 0.29) is 36.0 Å². The quantitative estimate of drug-likeness (QED) is 0.130. The summed E-state index contributed by atoms with van der Waals surface area (Å²) in [6, 6.07) is 22.0. The molecule has 4 amide bonds. The molecule has 2 saturated carbocycles. The van der Waals surface area contributed by atoms with Crippen LogP contribution in [0.1, 0.15) is 75.2 Å². The van der Waals surface area contributed by atoms with Crippen molar-refractivity contribution in [2.75, 3.05) is 11.9 Å². The molecule has 1 atom stereocenters. The van der Waals surface area contributed by atoms with Crippen molar-refractivity contribution in [3.05, 3.63) is 83.9 Å². The number of carbonyl (C=O) groups excluding carboxylic acids is 4. The van der Waals surface area contributed by atoms with Gasteiger partial charge in [-0.1, -0.05) is 36.4 Å². The minimum atomic E-state index is -0.827. The van der Waals surface area contributed by atoms with Crippen LogP contribution in [0, 0.1) is 11.8 Å². The van der Waals surface area contributed by atoms with Crippen molar-refractivity contribution >= 4 is 29.5 Å². The largest absolute Gasteiger partial charge is 0.444 e. The molecule has 1 unspecified atom stereocenters. The van der Waals surface area contributed by atoms with E-state index in [0.717, 1.165) is 47.9 Å². The van der Waals surface area contributed by atoms with Gasteiger partial charge in [0.05, 0.1) is 0 Å². The average molecular weight is 707 g/mol. The van der Waals surface area contributed by atoms with E-state index in [9.17, 15) is 19.2 Å². The van der Waals surface area contributed by atoms with E-state index in [2.05, 4.69) is 41.9 Å². The first-order valence-corrected chi connectivity index (χ1v) is 17.9. The predicted molar refractivity (Wildman–Crippen MR) is 196 cm³/mol. The Morgan fingerprint density at radius 2 is 1.46 bits per heavy atom. The molecule has 13 nitrogen and oxygen atoms in total. The summed E-state index contributed by atoms with van der Waals surface area (Å²) < 4.78 is 5.35. The molecule has 272 valence electrons. The van der Waals surface area contributed by atoms with Gasteiger partial charge in [-0.05, 0) is 129 Å². The van der Waals surface area contributed by atoms with Crippen molar-refractivity contribution in [1.82, 2.24) is 36.6 Å². The summed E-state index contributed by atoms with van der Waals surface area (Å²) in [5.74, 6) is -0.0180. The number of nitrogens with zero attached hydrogens (tertiary/aromatic N) is 3. The first-order valence-electron chi connectivity index (χ1n) is 17.9. The molecule has 2 fully saturated rings. The Hall–Kier alpha value is -5.59. The first-order chi connectivity index (χ1) is 25.0. The minimum absolute atomic E-state index is 0.0536. The topological polar surface area (TPSA) is 180 Å². The molecule has 3 aromatic carbocycles. The van der Waals surface area contributed by atoms with Crippen LogP contribution in [0.2, 0.25) is 0 Å². The minimum Gasteiger partial charge on any atom is -0.444 e. The molecule has 0 saturated heterocycles. The lowest BCUT2D eigenvalue weighted by molar-refractivity contribution is -0.130. The number of aromatic amines is 1. The summed E-state index contributed by atoms with van der Waals surface area (Å²) in [5, 5.41) is 25.7. The van der Waals surface area contributed by atoms with Gasteiger partial charge in [0.25, 0.3) is 5.91 Å². The van der Waals surface area contributed by atoms with Gasteiger partial charge in [0, 0.05) is 41.7 Å². The Kier molecular flexibility index (Phi) is 11.3. The van der Waals surface area contributed by atoms with Crippen LogP contribution in [0.15, 0.2) is 72.8 Å². The standard InChI is InChI=1S/C39H46N8O5/c1-39(2,3)52-38(51)40-23-25-6-10-29(11-7-25)36(49)43-33(37(50)42-31-18-16-28(17-19-31)34-44-46-47-45-34)22-24-4-8-26(9-5-24)27-12-14-30(15-13-27)35(48)41-32-20-21-32/h4-5,8-9,12-19,25,29,32-33H,6-7,10-11,20-23H2,1-3H3,(H,40,51)(H,41,48)(H,42,50)(H,43,49)(H,44,45,46,47)/t25-,29-,33?. The third-order valence-electron chi connectivity index (χ3n) is 9.34. The normalized spacial score (nSPS) is 17.8. The van der Waals surface area contributed by atoms with Crippen molar-refractivity contribution < 1.29 is 23.9 Å². The van der Waals surface area contributed by atoms with E-state index in [4.69, 9.17) is 4.74 Å². The second-order valence-corrected chi connectivity index (χ2v) is 14.7. The van der Waals surface area contributed by atoms with E-state index in [1.54, 1.807) is 24.3 Å². The number of benzene rings is 3. The molecule has 52 heavy (non-hydrogen) atoms. The van der Waals surface area contributed by atoms with Crippen LogP contribution in [0.25, 0.3) is 22.5 Å². The molecule has 1 aromatic heterocycles. The zero-order chi connectivity index (χ0) is 36.7.